The number of nitrogens with zero attached hydrogens (tertiary/aromatic N) is 2. The molecule has 9 amide bonds. The van der Waals surface area contributed by atoms with Crippen molar-refractivity contribution in [1.29, 1.82) is 0 Å². The Morgan fingerprint density at radius 1 is 0.671 bits per heavy atom. The highest BCUT2D eigenvalue weighted by Gasteiger charge is 2.41. The van der Waals surface area contributed by atoms with Gasteiger partial charge in [-0.2, -0.15) is 0 Å². The van der Waals surface area contributed by atoms with Crippen LogP contribution in [0.15, 0.2) is 35.2 Å². The fourth-order valence-electron chi connectivity index (χ4n) is 7.04. The van der Waals surface area contributed by atoms with Gasteiger partial charge < -0.3 is 57.2 Å². The Balaban J connectivity index is 2.30. The number of rotatable bonds is 26. The van der Waals surface area contributed by atoms with Crippen molar-refractivity contribution in [2.75, 3.05) is 13.1 Å². The van der Waals surface area contributed by atoms with Gasteiger partial charge in [0.2, 0.25) is 41.4 Å². The molecule has 2 rings (SSSR count). The number of benzene rings is 1. The standard InChI is InChI=1S/C44H65N9O16S/c1-8-18-53(44(69)70-26-13-10-9-11-14-26)51-40(65)30-15-12-19-52(30)43(68)35(23(4)5)49-41(66)34(22(2)3)48-39(64)29(21-33(60)61)47-37(62)27(16-17-31(56)57)46-42(67)36(24(6)54)50-38(63)28(20-32(58)59)45-25(7)55/h9-11,13-14,22-24,27-30,34-36,54H,8,12,15-21H2,1-7H3,(H,45,55)(H,46,67)(H,47,62)(H,48,64)(H,49,66)(H,50,63)(H,51,65)(H,56,57)(H,58,59)(H,60,61)/t24-,27+,28+,29+,30+,34+,35+,36+/m1/s1. The number of carboxylic acid groups (broad SMARTS) is 3. The number of carbonyl (C=O) groups excluding carboxylic acids is 9. The SMILES string of the molecule is CCCN(NC(=O)[C@@H]1CCCN1C(=O)[C@@H](NC(=O)[C@@H](NC(=O)[C@H](CC(=O)O)NC(=O)[C@H](CCC(=O)O)NC(=O)[C@@H](NC(=O)[C@H](CC(=O)O)NC(C)=O)[C@@H](C)O)C(C)C)C(C)C)C(=O)Sc1ccccc1. The number of hydrogen-bond donors (Lipinski definition) is 11. The lowest BCUT2D eigenvalue weighted by atomic mass is 9.98. The molecule has 8 atom stereocenters. The van der Waals surface area contributed by atoms with Crippen LogP contribution in [0.25, 0.3) is 0 Å². The van der Waals surface area contributed by atoms with Crippen LogP contribution in [-0.4, -0.2) is 162 Å². The summed E-state index contributed by atoms with van der Waals surface area (Å²) in [4.78, 5) is 157. The maximum absolute atomic E-state index is 14.2. The molecule has 1 heterocycles. The third-order valence-electron chi connectivity index (χ3n) is 10.6. The molecule has 388 valence electrons. The minimum atomic E-state index is -1.97. The first-order valence-electron chi connectivity index (χ1n) is 22.5. The summed E-state index contributed by atoms with van der Waals surface area (Å²) in [6.45, 7) is 10.5. The molecular formula is C44H65N9O16S. The zero-order chi connectivity index (χ0) is 53.0. The lowest BCUT2D eigenvalue weighted by molar-refractivity contribution is -0.144. The third kappa shape index (κ3) is 19.3. The number of aliphatic hydroxyl groups is 1. The van der Waals surface area contributed by atoms with Crippen molar-refractivity contribution in [1.82, 2.24) is 47.2 Å². The molecular weight excluding hydrogens is 943 g/mol. The number of nitrogens with one attached hydrogen (secondary N) is 7. The molecule has 1 aromatic rings. The maximum Gasteiger partial charge on any atom is 0.305 e. The van der Waals surface area contributed by atoms with Gasteiger partial charge in [-0.15, -0.1) is 0 Å². The van der Waals surface area contributed by atoms with Gasteiger partial charge >= 0.3 is 23.1 Å². The molecule has 0 aromatic heterocycles. The van der Waals surface area contributed by atoms with E-state index in [9.17, 15) is 78.0 Å². The first-order chi connectivity index (χ1) is 32.8. The lowest BCUT2D eigenvalue weighted by Crippen LogP contribution is -2.62. The number of likely N-dealkylation sites (tertiary alicyclic amines) is 1. The van der Waals surface area contributed by atoms with E-state index >= 15 is 0 Å². The maximum atomic E-state index is 14.2. The summed E-state index contributed by atoms with van der Waals surface area (Å²) in [5.74, 6) is -13.9. The Morgan fingerprint density at radius 3 is 1.67 bits per heavy atom. The minimum absolute atomic E-state index is 0.144. The highest BCUT2D eigenvalue weighted by atomic mass is 32.2. The van der Waals surface area contributed by atoms with Crippen LogP contribution in [0.4, 0.5) is 4.79 Å². The Bertz CT molecular complexity index is 2060. The predicted octanol–water partition coefficient (Wildman–Crippen LogP) is -0.931. The Morgan fingerprint density at radius 2 is 1.17 bits per heavy atom. The minimum Gasteiger partial charge on any atom is -0.481 e. The molecule has 1 aliphatic heterocycles. The van der Waals surface area contributed by atoms with Gasteiger partial charge in [0.15, 0.2) is 0 Å². The zero-order valence-electron chi connectivity index (χ0n) is 40.0. The normalized spacial score (nSPS) is 16.2. The summed E-state index contributed by atoms with van der Waals surface area (Å²) < 4.78 is 0. The fraction of sp³-hybridized carbons (Fsp3) is 0.591. The number of hydrogen-bond acceptors (Lipinski definition) is 14. The van der Waals surface area contributed by atoms with Crippen molar-refractivity contribution in [3.63, 3.8) is 0 Å². The molecule has 1 saturated heterocycles. The van der Waals surface area contributed by atoms with Crippen molar-refractivity contribution >= 4 is 82.2 Å². The monoisotopic (exact) mass is 1010 g/mol. The quantitative estimate of drug-likeness (QED) is 0.0394. The number of carbonyl (C=O) groups is 12. The molecule has 0 saturated carbocycles. The molecule has 25 nitrogen and oxygen atoms in total. The van der Waals surface area contributed by atoms with Crippen LogP contribution < -0.4 is 37.3 Å². The summed E-state index contributed by atoms with van der Waals surface area (Å²) in [5.41, 5.74) is 2.65. The molecule has 11 N–H and O–H groups in total. The van der Waals surface area contributed by atoms with Crippen LogP contribution in [0.2, 0.25) is 0 Å². The second-order valence-corrected chi connectivity index (χ2v) is 18.2. The number of amides is 9. The number of aliphatic carboxylic acids is 3. The fourth-order valence-corrected chi connectivity index (χ4v) is 7.78. The molecule has 70 heavy (non-hydrogen) atoms. The van der Waals surface area contributed by atoms with E-state index in [0.717, 1.165) is 25.6 Å². The van der Waals surface area contributed by atoms with Gasteiger partial charge in [0.25, 0.3) is 5.91 Å². The van der Waals surface area contributed by atoms with Crippen molar-refractivity contribution in [2.24, 2.45) is 11.8 Å². The predicted molar refractivity (Wildman–Crippen MR) is 248 cm³/mol. The highest BCUT2D eigenvalue weighted by molar-refractivity contribution is 8.13. The van der Waals surface area contributed by atoms with Crippen LogP contribution >= 0.6 is 11.8 Å². The van der Waals surface area contributed by atoms with E-state index in [4.69, 9.17) is 0 Å². The second-order valence-electron chi connectivity index (χ2n) is 17.2. The van der Waals surface area contributed by atoms with E-state index in [1.165, 1.54) is 23.8 Å². The van der Waals surface area contributed by atoms with Crippen LogP contribution in [0.3, 0.4) is 0 Å². The van der Waals surface area contributed by atoms with Crippen LogP contribution in [0.1, 0.15) is 93.4 Å². The number of hydrazine groups is 1. The van der Waals surface area contributed by atoms with E-state index in [0.29, 0.717) is 17.7 Å². The Hall–Kier alpha value is -6.83. The number of carboxylic acids is 3. The largest absolute Gasteiger partial charge is 0.481 e. The van der Waals surface area contributed by atoms with E-state index < -0.39 is 156 Å². The van der Waals surface area contributed by atoms with Gasteiger partial charge in [-0.25, -0.2) is 5.01 Å². The molecule has 0 bridgehead atoms. The van der Waals surface area contributed by atoms with Crippen LogP contribution in [-0.2, 0) is 52.7 Å². The molecule has 26 heteroatoms. The molecule has 1 aliphatic rings. The summed E-state index contributed by atoms with van der Waals surface area (Å²) in [6.07, 6.45) is -4.01. The average molecular weight is 1010 g/mol. The average Bonchev–Trinajstić information content (AvgIpc) is 3.76. The summed E-state index contributed by atoms with van der Waals surface area (Å²) in [5, 5.41) is 52.9. The molecule has 0 aliphatic carbocycles. The molecule has 1 fully saturated rings. The molecule has 0 spiro atoms. The summed E-state index contributed by atoms with van der Waals surface area (Å²) in [7, 11) is 0. The van der Waals surface area contributed by atoms with Crippen LogP contribution in [0, 0.1) is 11.8 Å². The summed E-state index contributed by atoms with van der Waals surface area (Å²) >= 11 is 0.916. The van der Waals surface area contributed by atoms with E-state index in [2.05, 4.69) is 37.3 Å². The highest BCUT2D eigenvalue weighted by Crippen LogP contribution is 2.23. The second kappa shape index (κ2) is 28.6. The molecule has 0 radical (unpaired) electrons. The van der Waals surface area contributed by atoms with Crippen LogP contribution in [0.5, 0.6) is 0 Å². The number of thioether (sulfide) groups is 1. The van der Waals surface area contributed by atoms with Gasteiger partial charge in [-0.3, -0.25) is 63.0 Å². The third-order valence-corrected chi connectivity index (χ3v) is 11.5. The van der Waals surface area contributed by atoms with Gasteiger partial charge in [0, 0.05) is 31.3 Å². The lowest BCUT2D eigenvalue weighted by Gasteiger charge is -2.33. The zero-order valence-corrected chi connectivity index (χ0v) is 40.8. The van der Waals surface area contributed by atoms with E-state index in [1.54, 1.807) is 44.2 Å². The Labute approximate surface area is 408 Å². The molecule has 0 unspecified atom stereocenters. The first-order valence-corrected chi connectivity index (χ1v) is 23.4. The van der Waals surface area contributed by atoms with E-state index in [1.807, 2.05) is 6.92 Å². The topological polar surface area (TPSA) is 376 Å². The Kier molecular flexibility index (Phi) is 24.2. The number of aliphatic hydroxyl groups excluding tert-OH is 1. The molecule has 1 aromatic carbocycles. The smallest absolute Gasteiger partial charge is 0.305 e. The van der Waals surface area contributed by atoms with E-state index in [-0.39, 0.29) is 19.5 Å². The van der Waals surface area contributed by atoms with Gasteiger partial charge in [-0.1, -0.05) is 52.8 Å². The van der Waals surface area contributed by atoms with Crippen molar-refractivity contribution in [3.8, 4) is 0 Å². The van der Waals surface area contributed by atoms with Gasteiger partial charge in [0.05, 0.1) is 18.9 Å². The summed E-state index contributed by atoms with van der Waals surface area (Å²) in [6, 6.07) is -2.38. The van der Waals surface area contributed by atoms with Gasteiger partial charge in [0.1, 0.15) is 42.3 Å². The van der Waals surface area contributed by atoms with Crippen molar-refractivity contribution < 1.29 is 78.0 Å². The van der Waals surface area contributed by atoms with Crippen molar-refractivity contribution in [2.45, 2.75) is 147 Å². The van der Waals surface area contributed by atoms with Crippen molar-refractivity contribution in [3.05, 3.63) is 30.3 Å². The first kappa shape index (κ1) is 59.3. The van der Waals surface area contributed by atoms with Gasteiger partial charge in [-0.05, 0) is 68.3 Å².